The zero-order valence-electron chi connectivity index (χ0n) is 18.3. The normalized spacial score (nSPS) is 11.8. The molecule has 0 atom stereocenters. The molecule has 10 nitrogen and oxygen atoms in total. The number of methoxy groups -OCH3 is 1. The van der Waals surface area contributed by atoms with Crippen molar-refractivity contribution in [2.75, 3.05) is 43.6 Å². The van der Waals surface area contributed by atoms with E-state index in [4.69, 9.17) is 4.74 Å². The van der Waals surface area contributed by atoms with Gasteiger partial charge in [0, 0.05) is 19.8 Å². The fourth-order valence-corrected chi connectivity index (χ4v) is 4.58. The van der Waals surface area contributed by atoms with Crippen LogP contribution in [-0.2, 0) is 29.6 Å². The highest BCUT2D eigenvalue weighted by Crippen LogP contribution is 2.23. The number of hydrogen-bond acceptors (Lipinski definition) is 7. The van der Waals surface area contributed by atoms with Crippen LogP contribution >= 0.6 is 0 Å². The van der Waals surface area contributed by atoms with Crippen molar-refractivity contribution in [3.63, 3.8) is 0 Å². The molecule has 0 unspecified atom stereocenters. The Kier molecular flexibility index (Phi) is 7.65. The van der Waals surface area contributed by atoms with Crippen LogP contribution in [0.1, 0.15) is 15.9 Å². The van der Waals surface area contributed by atoms with E-state index >= 15 is 0 Å². The van der Waals surface area contributed by atoms with Crippen LogP contribution in [0.5, 0.6) is 0 Å². The van der Waals surface area contributed by atoms with E-state index in [9.17, 15) is 26.4 Å². The molecule has 2 rings (SSSR count). The summed E-state index contributed by atoms with van der Waals surface area (Å²) in [6.07, 6.45) is 0.938. The molecule has 0 bridgehead atoms. The molecule has 0 aromatic heterocycles. The van der Waals surface area contributed by atoms with Gasteiger partial charge in [-0.05, 0) is 48.9 Å². The molecule has 32 heavy (non-hydrogen) atoms. The average Bonchev–Trinajstić information content (AvgIpc) is 2.72. The minimum atomic E-state index is -3.87. The Labute approximate surface area is 187 Å². The number of amides is 1. The Morgan fingerprint density at radius 1 is 1.00 bits per heavy atom. The number of hydrogen-bond donors (Lipinski definition) is 1. The number of nitrogens with zero attached hydrogens (tertiary/aromatic N) is 2. The van der Waals surface area contributed by atoms with Crippen molar-refractivity contribution < 1.29 is 31.2 Å². The lowest BCUT2D eigenvalue weighted by molar-refractivity contribution is -0.114. The monoisotopic (exact) mass is 483 g/mol. The Morgan fingerprint density at radius 2 is 1.59 bits per heavy atom. The summed E-state index contributed by atoms with van der Waals surface area (Å²) in [5, 5.41) is 2.60. The Bertz CT molecular complexity index is 1220. The van der Waals surface area contributed by atoms with Crippen molar-refractivity contribution in [2.45, 2.75) is 11.8 Å². The van der Waals surface area contributed by atoms with Crippen LogP contribution in [0.3, 0.4) is 0 Å². The number of carbonyl (C=O) groups excluding carboxylic acids is 2. The molecule has 0 saturated heterocycles. The molecule has 0 heterocycles. The summed E-state index contributed by atoms with van der Waals surface area (Å²) >= 11 is 0. The molecule has 0 saturated carbocycles. The van der Waals surface area contributed by atoms with E-state index in [1.165, 1.54) is 45.5 Å². The van der Waals surface area contributed by atoms with Gasteiger partial charge in [-0.15, -0.1) is 0 Å². The van der Waals surface area contributed by atoms with Gasteiger partial charge in [0.1, 0.15) is 6.54 Å². The summed E-state index contributed by atoms with van der Waals surface area (Å²) in [6, 6.07) is 9.85. The Hall–Kier alpha value is -2.96. The van der Waals surface area contributed by atoms with Crippen LogP contribution in [0.15, 0.2) is 47.4 Å². The standard InChI is InChI=1S/C20H25N3O7S2/c1-14-17(20(25)30-4)7-6-8-18(14)21-19(24)13-23(31(5,26)27)15-9-11-16(12-10-15)32(28,29)22(2)3/h6-12H,13H2,1-5H3,(H,21,24). The van der Waals surface area contributed by atoms with Crippen LogP contribution in [0.4, 0.5) is 11.4 Å². The first-order valence-electron chi connectivity index (χ1n) is 9.27. The van der Waals surface area contributed by atoms with Gasteiger partial charge in [-0.1, -0.05) is 6.07 Å². The molecule has 2 aromatic carbocycles. The summed E-state index contributed by atoms with van der Waals surface area (Å²) in [5.41, 5.74) is 1.19. The van der Waals surface area contributed by atoms with Gasteiger partial charge < -0.3 is 10.1 Å². The van der Waals surface area contributed by atoms with Crippen LogP contribution in [0.2, 0.25) is 0 Å². The van der Waals surface area contributed by atoms with Crippen molar-refractivity contribution in [1.82, 2.24) is 4.31 Å². The van der Waals surface area contributed by atoms with E-state index < -0.39 is 38.5 Å². The molecule has 1 amide bonds. The number of carbonyl (C=O) groups is 2. The maximum Gasteiger partial charge on any atom is 0.338 e. The fraction of sp³-hybridized carbons (Fsp3) is 0.300. The lowest BCUT2D eigenvalue weighted by Crippen LogP contribution is -2.37. The maximum atomic E-state index is 12.6. The van der Waals surface area contributed by atoms with Crippen LogP contribution in [-0.4, -0.2) is 67.0 Å². The quantitative estimate of drug-likeness (QED) is 0.562. The largest absolute Gasteiger partial charge is 0.465 e. The zero-order chi connectivity index (χ0) is 24.3. The van der Waals surface area contributed by atoms with Crippen LogP contribution in [0.25, 0.3) is 0 Å². The number of esters is 1. The second-order valence-electron chi connectivity index (χ2n) is 7.07. The smallest absolute Gasteiger partial charge is 0.338 e. The van der Waals surface area contributed by atoms with Gasteiger partial charge >= 0.3 is 5.97 Å². The number of nitrogens with one attached hydrogen (secondary N) is 1. The molecule has 2 aromatic rings. The van der Waals surface area contributed by atoms with E-state index in [0.717, 1.165) is 14.9 Å². The van der Waals surface area contributed by atoms with E-state index in [-0.39, 0.29) is 16.1 Å². The summed E-state index contributed by atoms with van der Waals surface area (Å²) in [5.74, 6) is -1.21. The highest BCUT2D eigenvalue weighted by Gasteiger charge is 2.23. The molecular formula is C20H25N3O7S2. The number of anilines is 2. The Morgan fingerprint density at radius 3 is 2.09 bits per heavy atom. The fourth-order valence-electron chi connectivity index (χ4n) is 2.82. The molecule has 0 aliphatic rings. The molecule has 0 aliphatic heterocycles. The van der Waals surface area contributed by atoms with E-state index in [1.54, 1.807) is 25.1 Å². The Balaban J connectivity index is 2.30. The number of ether oxygens (including phenoxy) is 1. The second-order valence-corrected chi connectivity index (χ2v) is 11.1. The second kappa shape index (κ2) is 9.67. The van der Waals surface area contributed by atoms with Crippen LogP contribution < -0.4 is 9.62 Å². The van der Waals surface area contributed by atoms with Crippen molar-refractivity contribution >= 4 is 43.3 Å². The average molecular weight is 484 g/mol. The number of benzene rings is 2. The number of sulfonamides is 2. The zero-order valence-corrected chi connectivity index (χ0v) is 20.0. The molecule has 0 spiro atoms. The van der Waals surface area contributed by atoms with Gasteiger partial charge in [0.15, 0.2) is 0 Å². The lowest BCUT2D eigenvalue weighted by atomic mass is 10.1. The van der Waals surface area contributed by atoms with Gasteiger partial charge in [0.25, 0.3) is 0 Å². The molecule has 1 N–H and O–H groups in total. The predicted octanol–water partition coefficient (Wildman–Crippen LogP) is 1.44. The lowest BCUT2D eigenvalue weighted by Gasteiger charge is -2.22. The molecule has 0 radical (unpaired) electrons. The topological polar surface area (TPSA) is 130 Å². The highest BCUT2D eigenvalue weighted by molar-refractivity contribution is 7.92. The molecule has 12 heteroatoms. The molecular weight excluding hydrogens is 458 g/mol. The molecule has 0 fully saturated rings. The predicted molar refractivity (Wildman–Crippen MR) is 121 cm³/mol. The van der Waals surface area contributed by atoms with E-state index in [0.29, 0.717) is 11.3 Å². The molecule has 174 valence electrons. The summed E-state index contributed by atoms with van der Waals surface area (Å²) in [4.78, 5) is 24.4. The number of rotatable bonds is 8. The minimum Gasteiger partial charge on any atom is -0.465 e. The SMILES string of the molecule is COC(=O)c1cccc(NC(=O)CN(c2ccc(S(=O)(=O)N(C)C)cc2)S(C)(=O)=O)c1C. The van der Waals surface area contributed by atoms with Gasteiger partial charge in [0.05, 0.1) is 29.5 Å². The van der Waals surface area contributed by atoms with E-state index in [2.05, 4.69) is 5.32 Å². The summed E-state index contributed by atoms with van der Waals surface area (Å²) < 4.78 is 55.7. The van der Waals surface area contributed by atoms with Gasteiger partial charge in [-0.2, -0.15) is 0 Å². The molecule has 0 aliphatic carbocycles. The van der Waals surface area contributed by atoms with Crippen molar-refractivity contribution in [1.29, 1.82) is 0 Å². The van der Waals surface area contributed by atoms with Gasteiger partial charge in [-0.3, -0.25) is 9.10 Å². The van der Waals surface area contributed by atoms with Crippen molar-refractivity contribution in [2.24, 2.45) is 0 Å². The van der Waals surface area contributed by atoms with Crippen molar-refractivity contribution in [3.05, 3.63) is 53.6 Å². The van der Waals surface area contributed by atoms with Crippen LogP contribution in [0, 0.1) is 6.92 Å². The third-order valence-electron chi connectivity index (χ3n) is 4.60. The van der Waals surface area contributed by atoms with E-state index in [1.807, 2.05) is 0 Å². The first kappa shape index (κ1) is 25.3. The van der Waals surface area contributed by atoms with Gasteiger partial charge in [-0.25, -0.2) is 25.9 Å². The maximum absolute atomic E-state index is 12.6. The first-order chi connectivity index (χ1) is 14.8. The summed E-state index contributed by atoms with van der Waals surface area (Å²) in [7, 11) is -3.55. The minimum absolute atomic E-state index is 0.0144. The first-order valence-corrected chi connectivity index (χ1v) is 12.6. The van der Waals surface area contributed by atoms with Crippen molar-refractivity contribution in [3.8, 4) is 0 Å². The van der Waals surface area contributed by atoms with Gasteiger partial charge in [0.2, 0.25) is 26.0 Å². The third-order valence-corrected chi connectivity index (χ3v) is 7.57. The summed E-state index contributed by atoms with van der Waals surface area (Å²) in [6.45, 7) is 1.07. The highest BCUT2D eigenvalue weighted by atomic mass is 32.2. The third kappa shape index (κ3) is 5.64.